The fourth-order valence-electron chi connectivity index (χ4n) is 4.19. The molecule has 0 radical (unpaired) electrons. The van der Waals surface area contributed by atoms with Crippen LogP contribution in [-0.2, 0) is 16.9 Å². The van der Waals surface area contributed by atoms with Crippen LogP contribution in [0.5, 0.6) is 11.6 Å². The van der Waals surface area contributed by atoms with Crippen molar-refractivity contribution in [1.82, 2.24) is 15.2 Å². The highest BCUT2D eigenvalue weighted by Gasteiger charge is 2.61. The van der Waals surface area contributed by atoms with Gasteiger partial charge in [-0.1, -0.05) is 42.5 Å². The average Bonchev–Trinajstić information content (AvgIpc) is 3.39. The molecular formula is C27H20F4N4O5. The Morgan fingerprint density at radius 3 is 2.62 bits per heavy atom. The number of halogens is 4. The van der Waals surface area contributed by atoms with E-state index in [9.17, 15) is 27.7 Å². The van der Waals surface area contributed by atoms with Crippen molar-refractivity contribution in [2.45, 2.75) is 38.1 Å². The van der Waals surface area contributed by atoms with Crippen molar-refractivity contribution < 1.29 is 36.4 Å². The third kappa shape index (κ3) is 5.27. The van der Waals surface area contributed by atoms with Gasteiger partial charge < -0.3 is 13.9 Å². The van der Waals surface area contributed by atoms with E-state index in [0.29, 0.717) is 11.1 Å². The van der Waals surface area contributed by atoms with E-state index in [-0.39, 0.29) is 23.6 Å². The second kappa shape index (κ2) is 10.5. The molecule has 0 N–H and O–H groups in total. The Bertz CT molecular complexity index is 1590. The minimum Gasteiger partial charge on any atom is -0.439 e. The molecule has 0 amide bonds. The van der Waals surface area contributed by atoms with Gasteiger partial charge >= 0.3 is 11.9 Å². The number of hydrogen-bond donors (Lipinski definition) is 0. The zero-order chi connectivity index (χ0) is 28.5. The van der Waals surface area contributed by atoms with Crippen molar-refractivity contribution in [3.63, 3.8) is 0 Å². The molecule has 1 unspecified atom stereocenters. The van der Waals surface area contributed by atoms with Crippen LogP contribution in [0.2, 0.25) is 0 Å². The molecule has 2 aromatic heterocycles. The van der Waals surface area contributed by atoms with Crippen LogP contribution in [0.4, 0.5) is 23.2 Å². The van der Waals surface area contributed by atoms with Crippen LogP contribution in [0.15, 0.2) is 65.1 Å². The van der Waals surface area contributed by atoms with Gasteiger partial charge in [0.05, 0.1) is 11.5 Å². The number of benzene rings is 2. The average molecular weight is 556 g/mol. The molecule has 9 nitrogen and oxygen atoms in total. The number of pyridine rings is 1. The van der Waals surface area contributed by atoms with Crippen molar-refractivity contribution in [2.75, 3.05) is 0 Å². The standard InChI is InChI=1S/C27H20F4N4O5/c1-16-11-21(35(36)37)22-24-33-34-25(40-24)26(27(29,30)31,38-15-17-7-3-2-4-8-17)10-6-5-9-18-12-19(28)14-20(13-18)39-23(16)32-22/h2-5,7-9,11-14H,6,10,15H2,1H3. The molecule has 0 fully saturated rings. The molecule has 3 heterocycles. The smallest absolute Gasteiger partial charge is 0.426 e. The zero-order valence-corrected chi connectivity index (χ0v) is 20.8. The number of aryl methyl sites for hydroxylation is 1. The Labute approximate surface area is 224 Å². The van der Waals surface area contributed by atoms with E-state index in [1.165, 1.54) is 31.2 Å². The van der Waals surface area contributed by atoms with Gasteiger partial charge in [0, 0.05) is 17.7 Å². The summed E-state index contributed by atoms with van der Waals surface area (Å²) in [6.45, 7) is 1.02. The highest BCUT2D eigenvalue weighted by molar-refractivity contribution is 5.64. The fourth-order valence-corrected chi connectivity index (χ4v) is 4.19. The lowest BCUT2D eigenvalue weighted by molar-refractivity contribution is -0.384. The summed E-state index contributed by atoms with van der Waals surface area (Å²) in [4.78, 5) is 15.1. The van der Waals surface area contributed by atoms with E-state index in [2.05, 4.69) is 15.2 Å². The zero-order valence-electron chi connectivity index (χ0n) is 20.8. The molecule has 206 valence electrons. The number of alkyl halides is 3. The number of hydrogen-bond acceptors (Lipinski definition) is 8. The number of rotatable bonds is 4. The first kappa shape index (κ1) is 26.9. The van der Waals surface area contributed by atoms with Gasteiger partial charge in [-0.15, -0.1) is 10.2 Å². The minimum atomic E-state index is -5.04. The molecule has 0 aliphatic carbocycles. The molecule has 1 atom stereocenters. The summed E-state index contributed by atoms with van der Waals surface area (Å²) in [5.41, 5.74) is -3.22. The van der Waals surface area contributed by atoms with Gasteiger partial charge in [0.15, 0.2) is 0 Å². The SMILES string of the molecule is Cc1cc([N+](=O)[O-])c2nc1Oc1cc(F)cc(c1)C=CCCC(OCc1ccccc1)(C(F)(F)F)c1nnc-2o1. The van der Waals surface area contributed by atoms with E-state index < -0.39 is 58.7 Å². The van der Waals surface area contributed by atoms with Crippen molar-refractivity contribution >= 4 is 11.8 Å². The molecule has 5 rings (SSSR count). The third-order valence-electron chi connectivity index (χ3n) is 6.18. The van der Waals surface area contributed by atoms with Crippen molar-refractivity contribution in [3.8, 4) is 23.2 Å². The van der Waals surface area contributed by atoms with Crippen molar-refractivity contribution in [2.24, 2.45) is 0 Å². The van der Waals surface area contributed by atoms with Crippen LogP contribution in [0, 0.1) is 22.9 Å². The predicted octanol–water partition coefficient (Wildman–Crippen LogP) is 7.06. The Morgan fingerprint density at radius 1 is 1.12 bits per heavy atom. The molecular weight excluding hydrogens is 536 g/mol. The molecule has 1 aliphatic heterocycles. The summed E-state index contributed by atoms with van der Waals surface area (Å²) in [7, 11) is 0. The van der Waals surface area contributed by atoms with Crippen molar-refractivity contribution in [3.05, 3.63) is 99.2 Å². The van der Waals surface area contributed by atoms with Crippen LogP contribution < -0.4 is 4.74 Å². The van der Waals surface area contributed by atoms with Crippen LogP contribution in [-0.4, -0.2) is 26.3 Å². The van der Waals surface area contributed by atoms with E-state index in [1.54, 1.807) is 30.3 Å². The quantitative estimate of drug-likeness (QED) is 0.149. The third-order valence-corrected chi connectivity index (χ3v) is 6.18. The van der Waals surface area contributed by atoms with Crippen LogP contribution in [0.25, 0.3) is 17.7 Å². The van der Waals surface area contributed by atoms with Crippen LogP contribution >= 0.6 is 0 Å². The Morgan fingerprint density at radius 2 is 1.90 bits per heavy atom. The van der Waals surface area contributed by atoms with E-state index >= 15 is 0 Å². The first-order valence-electron chi connectivity index (χ1n) is 12.0. The lowest BCUT2D eigenvalue weighted by Crippen LogP contribution is -2.45. The normalized spacial score (nSPS) is 17.0. The largest absolute Gasteiger partial charge is 0.439 e. The number of nitrogens with zero attached hydrogens (tertiary/aromatic N) is 4. The number of fused-ring (bicyclic) bond motifs is 7. The first-order valence-corrected chi connectivity index (χ1v) is 12.0. The van der Waals surface area contributed by atoms with Gasteiger partial charge in [0.2, 0.25) is 17.2 Å². The Hall–Kier alpha value is -4.65. The molecule has 2 aromatic carbocycles. The van der Waals surface area contributed by atoms with Gasteiger partial charge in [-0.2, -0.15) is 13.2 Å². The molecule has 6 bridgehead atoms. The monoisotopic (exact) mass is 556 g/mol. The second-order valence-electron chi connectivity index (χ2n) is 9.01. The topological polar surface area (TPSA) is 113 Å². The van der Waals surface area contributed by atoms with Crippen molar-refractivity contribution in [1.29, 1.82) is 0 Å². The van der Waals surface area contributed by atoms with Crippen LogP contribution in [0.1, 0.15) is 35.4 Å². The Balaban J connectivity index is 1.70. The lowest BCUT2D eigenvalue weighted by Gasteiger charge is -2.32. The molecule has 0 saturated carbocycles. The first-order chi connectivity index (χ1) is 19.1. The van der Waals surface area contributed by atoms with E-state index in [4.69, 9.17) is 13.9 Å². The molecule has 4 aromatic rings. The predicted molar refractivity (Wildman–Crippen MR) is 133 cm³/mol. The second-order valence-corrected chi connectivity index (χ2v) is 9.01. The fraction of sp³-hybridized carbons (Fsp3) is 0.222. The molecule has 0 spiro atoms. The summed E-state index contributed by atoms with van der Waals surface area (Å²) >= 11 is 0. The molecule has 1 aliphatic rings. The lowest BCUT2D eigenvalue weighted by atomic mass is 9.95. The van der Waals surface area contributed by atoms with Gasteiger partial charge in [0.25, 0.3) is 11.8 Å². The molecule has 40 heavy (non-hydrogen) atoms. The van der Waals surface area contributed by atoms with Gasteiger partial charge in [0.1, 0.15) is 11.6 Å². The summed E-state index contributed by atoms with van der Waals surface area (Å²) in [5.74, 6) is -2.41. The maximum atomic E-state index is 14.8. The molecule has 13 heteroatoms. The Kier molecular flexibility index (Phi) is 7.06. The maximum Gasteiger partial charge on any atom is 0.426 e. The number of allylic oxidation sites excluding steroid dienone is 1. The molecule has 0 saturated heterocycles. The highest BCUT2D eigenvalue weighted by Crippen LogP contribution is 2.47. The minimum absolute atomic E-state index is 0.0203. The van der Waals surface area contributed by atoms with Crippen LogP contribution in [0.3, 0.4) is 0 Å². The van der Waals surface area contributed by atoms with Gasteiger partial charge in [-0.25, -0.2) is 9.37 Å². The maximum absolute atomic E-state index is 14.8. The van der Waals surface area contributed by atoms with E-state index in [0.717, 1.165) is 12.1 Å². The number of ether oxygens (including phenoxy) is 2. The van der Waals surface area contributed by atoms with Gasteiger partial charge in [-0.05, 0) is 43.0 Å². The summed E-state index contributed by atoms with van der Waals surface area (Å²) in [6.07, 6.45) is -3.05. The highest BCUT2D eigenvalue weighted by atomic mass is 19.4. The summed E-state index contributed by atoms with van der Waals surface area (Å²) in [5, 5.41) is 19.1. The number of nitro groups is 1. The number of aromatic nitrogens is 3. The van der Waals surface area contributed by atoms with Gasteiger partial charge in [-0.3, -0.25) is 10.1 Å². The summed E-state index contributed by atoms with van der Waals surface area (Å²) in [6, 6.07) is 13.0. The summed E-state index contributed by atoms with van der Waals surface area (Å²) < 4.78 is 75.6. The van der Waals surface area contributed by atoms with E-state index in [1.807, 2.05) is 0 Å².